The van der Waals surface area contributed by atoms with E-state index in [1.54, 1.807) is 18.2 Å². The summed E-state index contributed by atoms with van der Waals surface area (Å²) in [6, 6.07) is 4.21. The minimum atomic E-state index is -0.828. The molecule has 8 heteroatoms. The van der Waals surface area contributed by atoms with Crippen molar-refractivity contribution in [2.75, 3.05) is 0 Å². The average Bonchev–Trinajstić information content (AvgIpc) is 2.57. The number of benzene rings is 2. The summed E-state index contributed by atoms with van der Waals surface area (Å²) < 4.78 is 0.333. The maximum atomic E-state index is 11.6. The van der Waals surface area contributed by atoms with Gasteiger partial charge in [-0.3, -0.25) is 4.79 Å². The van der Waals surface area contributed by atoms with Crippen LogP contribution < -0.4 is 5.43 Å². The quantitative estimate of drug-likeness (QED) is 0.484. The number of aromatic nitrogens is 1. The Labute approximate surface area is 148 Å². The molecule has 6 nitrogen and oxygen atoms in total. The molecule has 1 aliphatic carbocycles. The Hall–Kier alpha value is -2.58. The van der Waals surface area contributed by atoms with Crippen LogP contribution in [0, 0.1) is 0 Å². The van der Waals surface area contributed by atoms with Crippen molar-refractivity contribution in [3.05, 3.63) is 49.7 Å². The molecule has 0 saturated carbocycles. The number of rotatable bonds is 2. The Morgan fingerprint density at radius 3 is 2.54 bits per heavy atom. The van der Waals surface area contributed by atoms with Crippen molar-refractivity contribution in [1.29, 1.82) is 0 Å². The van der Waals surface area contributed by atoms with Gasteiger partial charge in [0, 0.05) is 11.8 Å². The molecule has 24 heavy (non-hydrogen) atoms. The minimum absolute atomic E-state index is 0.238. The first kappa shape index (κ1) is 16.3. The second-order valence-electron chi connectivity index (χ2n) is 4.86. The Morgan fingerprint density at radius 1 is 1.04 bits per heavy atom. The minimum Gasteiger partial charge on any atom is -0.504 e. The van der Waals surface area contributed by atoms with Gasteiger partial charge >= 0.3 is 0 Å². The van der Waals surface area contributed by atoms with Gasteiger partial charge in [-0.05, 0) is 45.8 Å². The van der Waals surface area contributed by atoms with E-state index in [2.05, 4.69) is 20.9 Å². The third-order valence-corrected chi connectivity index (χ3v) is 5.20. The molecule has 122 valence electrons. The number of halogens is 1. The lowest BCUT2D eigenvalue weighted by Gasteiger charge is -2.07. The first-order valence-electron chi connectivity index (χ1n) is 6.61. The monoisotopic (exact) mass is 407 g/mol. The molecule has 0 aromatic heterocycles. The summed E-state index contributed by atoms with van der Waals surface area (Å²) in [4.78, 5) is 16.1. The molecule has 3 rings (SSSR count). The van der Waals surface area contributed by atoms with Crippen LogP contribution in [0.3, 0.4) is 0 Å². The van der Waals surface area contributed by atoms with Crippen LogP contribution >= 0.6 is 27.3 Å². The van der Waals surface area contributed by atoms with Gasteiger partial charge < -0.3 is 20.4 Å². The van der Waals surface area contributed by atoms with Crippen LogP contribution in [0.4, 0.5) is 0 Å². The molecule has 0 fully saturated rings. The summed E-state index contributed by atoms with van der Waals surface area (Å²) in [6.07, 6.45) is 4.73. The third-order valence-electron chi connectivity index (χ3n) is 3.28. The molecule has 0 atom stereocenters. The van der Waals surface area contributed by atoms with Gasteiger partial charge in [-0.1, -0.05) is 6.08 Å². The zero-order chi connectivity index (χ0) is 17.4. The van der Waals surface area contributed by atoms with E-state index in [-0.39, 0.29) is 11.5 Å². The molecule has 1 aliphatic heterocycles. The van der Waals surface area contributed by atoms with Gasteiger partial charge in [0.2, 0.25) is 0 Å². The van der Waals surface area contributed by atoms with Crippen LogP contribution in [0.5, 0.6) is 23.0 Å². The van der Waals surface area contributed by atoms with Crippen LogP contribution in [-0.2, 0) is 0 Å². The van der Waals surface area contributed by atoms with E-state index in [4.69, 9.17) is 0 Å². The van der Waals surface area contributed by atoms with Crippen LogP contribution in [0.15, 0.2) is 33.7 Å². The standard InChI is InChI=1S/C16H10BrNO5S/c17-12-7(1-3-9(19)13(12)21)2-4-11-18-6-8-5-10(20)14(22)15(23)16(8)24-11/h1-6,19-21,23H/b4-2+. The lowest BCUT2D eigenvalue weighted by molar-refractivity contribution is 0.401. The molecular weight excluding hydrogens is 398 g/mol. The smallest absolute Gasteiger partial charge is 0.263 e. The molecule has 0 saturated heterocycles. The Bertz CT molecular complexity index is 999. The van der Waals surface area contributed by atoms with Crippen molar-refractivity contribution in [1.82, 2.24) is 4.98 Å². The summed E-state index contributed by atoms with van der Waals surface area (Å²) in [6.45, 7) is 0. The van der Waals surface area contributed by atoms with E-state index in [0.717, 1.165) is 11.3 Å². The molecule has 0 radical (unpaired) electrons. The van der Waals surface area contributed by atoms with E-state index in [9.17, 15) is 25.2 Å². The van der Waals surface area contributed by atoms with Gasteiger partial charge in [-0.25, -0.2) is 4.98 Å². The first-order valence-corrected chi connectivity index (χ1v) is 8.22. The molecule has 0 bridgehead atoms. The second-order valence-corrected chi connectivity index (χ2v) is 6.68. The van der Waals surface area contributed by atoms with Gasteiger partial charge in [-0.2, -0.15) is 0 Å². The highest BCUT2D eigenvalue weighted by molar-refractivity contribution is 9.10. The number of phenolic OH excluding ortho intramolecular Hbond substituents is 4. The zero-order valence-corrected chi connectivity index (χ0v) is 14.3. The normalized spacial score (nSPS) is 11.4. The number of phenols is 4. The van der Waals surface area contributed by atoms with E-state index in [0.29, 0.717) is 25.5 Å². The van der Waals surface area contributed by atoms with Crippen molar-refractivity contribution in [2.45, 2.75) is 0 Å². The van der Waals surface area contributed by atoms with Crippen molar-refractivity contribution >= 4 is 39.4 Å². The third kappa shape index (κ3) is 2.81. The second kappa shape index (κ2) is 6.14. The van der Waals surface area contributed by atoms with E-state index < -0.39 is 16.9 Å². The molecule has 2 aliphatic rings. The van der Waals surface area contributed by atoms with Crippen LogP contribution in [0.25, 0.3) is 22.6 Å². The molecule has 4 N–H and O–H groups in total. The van der Waals surface area contributed by atoms with Crippen LogP contribution in [0.2, 0.25) is 0 Å². The number of hydrogen-bond donors (Lipinski definition) is 4. The fourth-order valence-corrected chi connectivity index (χ4v) is 3.38. The summed E-state index contributed by atoms with van der Waals surface area (Å²) in [5.74, 6) is -1.55. The van der Waals surface area contributed by atoms with Crippen molar-refractivity contribution < 1.29 is 20.4 Å². The highest BCUT2D eigenvalue weighted by Gasteiger charge is 2.16. The average molecular weight is 408 g/mol. The van der Waals surface area contributed by atoms with Gasteiger partial charge in [0.15, 0.2) is 23.0 Å². The summed E-state index contributed by atoms with van der Waals surface area (Å²) in [5.41, 5.74) is 0.236. The molecule has 0 unspecified atom stereocenters. The lowest BCUT2D eigenvalue weighted by Crippen LogP contribution is -2.01. The van der Waals surface area contributed by atoms with E-state index in [1.165, 1.54) is 18.3 Å². The molecule has 0 spiro atoms. The highest BCUT2D eigenvalue weighted by atomic mass is 79.9. The fraction of sp³-hybridized carbons (Fsp3) is 0. The first-order chi connectivity index (χ1) is 11.4. The Kier molecular flexibility index (Phi) is 4.16. The Balaban J connectivity index is 2.04. The van der Waals surface area contributed by atoms with E-state index in [1.807, 2.05) is 0 Å². The van der Waals surface area contributed by atoms with Crippen LogP contribution in [0.1, 0.15) is 10.6 Å². The number of fused-ring (bicyclic) bond motifs is 1. The number of hydrogen-bond acceptors (Lipinski definition) is 7. The van der Waals surface area contributed by atoms with Crippen LogP contribution in [-0.4, -0.2) is 25.4 Å². The lowest BCUT2D eigenvalue weighted by atomic mass is 10.1. The predicted molar refractivity (Wildman–Crippen MR) is 94.7 cm³/mol. The SMILES string of the molecule is O=c1c(O)cc2cnc(/C=C/c3ccc(O)c(O)c3Br)sc-2c1O. The molecular formula is C16H10BrNO5S. The summed E-state index contributed by atoms with van der Waals surface area (Å²) in [5, 5.41) is 38.9. The summed E-state index contributed by atoms with van der Waals surface area (Å²) in [7, 11) is 0. The molecule has 1 heterocycles. The predicted octanol–water partition coefficient (Wildman–Crippen LogP) is 3.36. The zero-order valence-electron chi connectivity index (χ0n) is 11.9. The maximum Gasteiger partial charge on any atom is 0.263 e. The van der Waals surface area contributed by atoms with Gasteiger partial charge in [0.1, 0.15) is 5.01 Å². The number of nitrogens with zero attached hydrogens (tertiary/aromatic N) is 1. The van der Waals surface area contributed by atoms with Gasteiger partial charge in [0.05, 0.1) is 9.35 Å². The van der Waals surface area contributed by atoms with Gasteiger partial charge in [0.25, 0.3) is 5.43 Å². The number of aromatic hydroxyl groups is 4. The topological polar surface area (TPSA) is 111 Å². The molecule has 1 aromatic carbocycles. The van der Waals surface area contributed by atoms with E-state index >= 15 is 0 Å². The van der Waals surface area contributed by atoms with Crippen molar-refractivity contribution in [2.24, 2.45) is 0 Å². The van der Waals surface area contributed by atoms with Crippen molar-refractivity contribution in [3.8, 4) is 33.4 Å². The summed E-state index contributed by atoms with van der Waals surface area (Å²) >= 11 is 4.27. The largest absolute Gasteiger partial charge is 0.504 e. The Morgan fingerprint density at radius 2 is 1.79 bits per heavy atom. The van der Waals surface area contributed by atoms with Crippen molar-refractivity contribution in [3.63, 3.8) is 0 Å². The highest BCUT2D eigenvalue weighted by Crippen LogP contribution is 2.38. The fourth-order valence-electron chi connectivity index (χ4n) is 2.04. The maximum absolute atomic E-state index is 11.6. The van der Waals surface area contributed by atoms with Gasteiger partial charge in [-0.15, -0.1) is 11.3 Å². The molecule has 0 amide bonds. The molecule has 1 aromatic rings.